The normalized spacial score (nSPS) is 17.5. The molecule has 0 aromatic carbocycles. The Labute approximate surface area is 201 Å². The first-order valence-electron chi connectivity index (χ1n) is 10.7. The third-order valence-electron chi connectivity index (χ3n) is 5.74. The van der Waals surface area contributed by atoms with E-state index < -0.39 is 23.8 Å². The van der Waals surface area contributed by atoms with E-state index in [2.05, 4.69) is 25.0 Å². The number of aromatic nitrogens is 6. The Morgan fingerprint density at radius 3 is 2.56 bits per heavy atom. The van der Waals surface area contributed by atoms with Crippen LogP contribution in [0.3, 0.4) is 0 Å². The topological polar surface area (TPSA) is 162 Å². The quantitative estimate of drug-likeness (QED) is 0.394. The van der Waals surface area contributed by atoms with Crippen LogP contribution in [0, 0.1) is 0 Å². The third-order valence-corrected chi connectivity index (χ3v) is 5.74. The summed E-state index contributed by atoms with van der Waals surface area (Å²) < 4.78 is 41.2. The third kappa shape index (κ3) is 4.30. The number of halogens is 3. The standard InChI is InChI=1S/C21H19F3N10O2/c1-32-14(18(35)34(20(32)36)7-12-6-27-19(26)30-16(12)25)8-33-9-28-17(31-33)11-4-13(10-2-3-10)29-15(5-11)21(22,23)24/h4-6,8-10H,2-3,7H2,1H3,(H4,25,26,27,30)/b14-8-. The van der Waals surface area contributed by atoms with E-state index in [-0.39, 0.29) is 41.3 Å². The highest BCUT2D eigenvalue weighted by atomic mass is 19.4. The predicted molar refractivity (Wildman–Crippen MR) is 119 cm³/mol. The van der Waals surface area contributed by atoms with E-state index >= 15 is 0 Å². The Hall–Kier alpha value is -4.56. The largest absolute Gasteiger partial charge is 0.433 e. The molecule has 1 aliphatic carbocycles. The van der Waals surface area contributed by atoms with Crippen LogP contribution in [0.1, 0.15) is 35.7 Å². The van der Waals surface area contributed by atoms with E-state index in [0.29, 0.717) is 11.3 Å². The summed E-state index contributed by atoms with van der Waals surface area (Å²) in [4.78, 5) is 43.2. The molecule has 1 saturated heterocycles. The van der Waals surface area contributed by atoms with Gasteiger partial charge in [0, 0.05) is 36.0 Å². The van der Waals surface area contributed by atoms with Gasteiger partial charge in [0.1, 0.15) is 23.5 Å². The second-order valence-corrected chi connectivity index (χ2v) is 8.37. The molecule has 2 aliphatic rings. The number of rotatable bonds is 5. The number of hydrogen-bond donors (Lipinski definition) is 2. The fourth-order valence-electron chi connectivity index (χ4n) is 3.67. The summed E-state index contributed by atoms with van der Waals surface area (Å²) >= 11 is 0. The van der Waals surface area contributed by atoms with Crippen LogP contribution in [-0.4, -0.2) is 58.5 Å². The van der Waals surface area contributed by atoms with E-state index in [1.165, 1.54) is 31.8 Å². The monoisotopic (exact) mass is 500 g/mol. The number of amides is 3. The van der Waals surface area contributed by atoms with Gasteiger partial charge < -0.3 is 11.5 Å². The summed E-state index contributed by atoms with van der Waals surface area (Å²) in [5.41, 5.74) is 11.1. The molecule has 186 valence electrons. The van der Waals surface area contributed by atoms with Crippen LogP contribution in [-0.2, 0) is 17.5 Å². The first kappa shape index (κ1) is 23.2. The van der Waals surface area contributed by atoms with Crippen molar-refractivity contribution in [2.45, 2.75) is 31.5 Å². The number of carbonyl (C=O) groups is 2. The first-order chi connectivity index (χ1) is 17.0. The molecule has 3 aromatic heterocycles. The molecule has 2 fully saturated rings. The minimum absolute atomic E-state index is 0.0162. The maximum atomic E-state index is 13.4. The Kier molecular flexibility index (Phi) is 5.34. The fourth-order valence-corrected chi connectivity index (χ4v) is 3.67. The summed E-state index contributed by atoms with van der Waals surface area (Å²) in [6, 6.07) is 1.80. The minimum atomic E-state index is -4.62. The van der Waals surface area contributed by atoms with Gasteiger partial charge in [-0.05, 0) is 25.0 Å². The number of nitrogen functional groups attached to an aromatic ring is 2. The van der Waals surface area contributed by atoms with Crippen molar-refractivity contribution in [3.05, 3.63) is 47.3 Å². The number of nitrogens with zero attached hydrogens (tertiary/aromatic N) is 8. The van der Waals surface area contributed by atoms with Crippen molar-refractivity contribution in [2.24, 2.45) is 0 Å². The number of likely N-dealkylation sites (N-methyl/N-ethyl adjacent to an activating group) is 1. The number of hydrogen-bond acceptors (Lipinski definition) is 9. The van der Waals surface area contributed by atoms with Crippen LogP contribution >= 0.6 is 0 Å². The predicted octanol–water partition coefficient (Wildman–Crippen LogP) is 2.08. The number of alkyl halides is 3. The lowest BCUT2D eigenvalue weighted by molar-refractivity contribution is -0.141. The van der Waals surface area contributed by atoms with Crippen LogP contribution in [0.4, 0.5) is 29.7 Å². The summed E-state index contributed by atoms with van der Waals surface area (Å²) in [6.45, 7) is -0.185. The average Bonchev–Trinajstić information content (AvgIpc) is 3.54. The lowest BCUT2D eigenvalue weighted by Crippen LogP contribution is -2.31. The van der Waals surface area contributed by atoms with Gasteiger partial charge in [-0.15, -0.1) is 5.10 Å². The average molecular weight is 500 g/mol. The smallest absolute Gasteiger partial charge is 0.383 e. The molecule has 5 rings (SSSR count). The van der Waals surface area contributed by atoms with Crippen molar-refractivity contribution in [3.63, 3.8) is 0 Å². The summed E-state index contributed by atoms with van der Waals surface area (Å²) in [7, 11) is 1.40. The SMILES string of the molecule is CN1C(=O)N(Cc2cnc(N)nc2N)C(=O)/C1=C/n1cnc(-c2cc(C3CC3)nc(C(F)(F)F)c2)n1. The molecular formula is C21H19F3N10O2. The van der Waals surface area contributed by atoms with Gasteiger partial charge in [0.05, 0.1) is 12.7 Å². The highest BCUT2D eigenvalue weighted by Crippen LogP contribution is 2.41. The minimum Gasteiger partial charge on any atom is -0.383 e. The van der Waals surface area contributed by atoms with Crippen LogP contribution in [0.15, 0.2) is 30.4 Å². The number of pyridine rings is 1. The van der Waals surface area contributed by atoms with Gasteiger partial charge in [-0.1, -0.05) is 0 Å². The lowest BCUT2D eigenvalue weighted by Gasteiger charge is -2.14. The molecule has 15 heteroatoms. The summed E-state index contributed by atoms with van der Waals surface area (Å²) in [5.74, 6) is -0.654. The molecule has 1 saturated carbocycles. The molecule has 0 unspecified atom stereocenters. The highest BCUT2D eigenvalue weighted by molar-refractivity contribution is 6.13. The van der Waals surface area contributed by atoms with Gasteiger partial charge in [0.2, 0.25) is 5.95 Å². The first-order valence-corrected chi connectivity index (χ1v) is 10.7. The van der Waals surface area contributed by atoms with Gasteiger partial charge in [-0.3, -0.25) is 14.6 Å². The van der Waals surface area contributed by atoms with E-state index in [1.807, 2.05) is 0 Å². The molecule has 12 nitrogen and oxygen atoms in total. The van der Waals surface area contributed by atoms with Crippen LogP contribution in [0.25, 0.3) is 17.6 Å². The Morgan fingerprint density at radius 2 is 1.89 bits per heavy atom. The second kappa shape index (κ2) is 8.28. The van der Waals surface area contributed by atoms with Crippen LogP contribution in [0.2, 0.25) is 0 Å². The molecule has 0 radical (unpaired) electrons. The maximum absolute atomic E-state index is 13.4. The molecular weight excluding hydrogens is 481 g/mol. The van der Waals surface area contributed by atoms with Crippen molar-refractivity contribution >= 4 is 29.9 Å². The Balaban J connectivity index is 1.42. The van der Waals surface area contributed by atoms with E-state index in [9.17, 15) is 22.8 Å². The Morgan fingerprint density at radius 1 is 1.14 bits per heavy atom. The van der Waals surface area contributed by atoms with Gasteiger partial charge in [0.15, 0.2) is 5.82 Å². The molecule has 3 aromatic rings. The van der Waals surface area contributed by atoms with E-state index in [1.54, 1.807) is 0 Å². The van der Waals surface area contributed by atoms with Crippen molar-refractivity contribution in [3.8, 4) is 11.4 Å². The van der Waals surface area contributed by atoms with Crippen LogP contribution in [0.5, 0.6) is 0 Å². The van der Waals surface area contributed by atoms with Gasteiger partial charge >= 0.3 is 12.2 Å². The van der Waals surface area contributed by atoms with Crippen LogP contribution < -0.4 is 11.5 Å². The molecule has 4 heterocycles. The maximum Gasteiger partial charge on any atom is 0.433 e. The number of urea groups is 1. The van der Waals surface area contributed by atoms with E-state index in [0.717, 1.165) is 33.4 Å². The number of imide groups is 1. The van der Waals surface area contributed by atoms with Crippen molar-refractivity contribution in [1.82, 2.24) is 39.5 Å². The molecule has 3 amide bonds. The number of carbonyl (C=O) groups excluding carboxylic acids is 2. The zero-order valence-electron chi connectivity index (χ0n) is 18.8. The summed E-state index contributed by atoms with van der Waals surface area (Å²) in [5, 5.41) is 4.19. The number of nitrogens with two attached hydrogens (primary N) is 2. The van der Waals surface area contributed by atoms with Crippen molar-refractivity contribution in [1.29, 1.82) is 0 Å². The molecule has 0 bridgehead atoms. The van der Waals surface area contributed by atoms with Gasteiger partial charge in [-0.25, -0.2) is 24.4 Å². The molecule has 4 N–H and O–H groups in total. The molecule has 36 heavy (non-hydrogen) atoms. The Bertz CT molecular complexity index is 1410. The fraction of sp³-hybridized carbons (Fsp3) is 0.286. The molecule has 0 atom stereocenters. The van der Waals surface area contributed by atoms with E-state index in [4.69, 9.17) is 11.5 Å². The van der Waals surface area contributed by atoms with Crippen molar-refractivity contribution < 1.29 is 22.8 Å². The second-order valence-electron chi connectivity index (χ2n) is 8.37. The zero-order valence-corrected chi connectivity index (χ0v) is 18.8. The summed E-state index contributed by atoms with van der Waals surface area (Å²) in [6.07, 6.45) is 0.735. The lowest BCUT2D eigenvalue weighted by atomic mass is 10.1. The zero-order chi connectivity index (χ0) is 25.8. The van der Waals surface area contributed by atoms with Crippen molar-refractivity contribution in [2.75, 3.05) is 18.5 Å². The van der Waals surface area contributed by atoms with Gasteiger partial charge in [-0.2, -0.15) is 18.2 Å². The highest BCUT2D eigenvalue weighted by Gasteiger charge is 2.40. The molecule has 1 aliphatic heterocycles. The van der Waals surface area contributed by atoms with Gasteiger partial charge in [0.25, 0.3) is 5.91 Å². The number of anilines is 2. The molecule has 0 spiro atoms.